The summed E-state index contributed by atoms with van der Waals surface area (Å²) in [5.74, 6) is -1.28. The molecule has 5 rings (SSSR count). The Morgan fingerprint density at radius 3 is 2.78 bits per heavy atom. The molecular formula is C26H25N5O5S. The van der Waals surface area contributed by atoms with E-state index in [0.29, 0.717) is 24.2 Å². The van der Waals surface area contributed by atoms with Crippen LogP contribution >= 0.6 is 11.3 Å². The number of H-pyrrole nitrogens is 1. The summed E-state index contributed by atoms with van der Waals surface area (Å²) in [6.45, 7) is 0.191. The molecule has 1 fully saturated rings. The minimum atomic E-state index is -0.948. The second kappa shape index (κ2) is 10.4. The SMILES string of the molecule is COc1cccc2[nH]c(C(=O)NCC(=O)N[C@@H](C[C@@H]3CCNC3=O)C(=O)c3nc4ccccc4s3)cc12. The lowest BCUT2D eigenvalue weighted by Gasteiger charge is -2.19. The van der Waals surface area contributed by atoms with Crippen LogP contribution in [0.4, 0.5) is 0 Å². The molecule has 1 aliphatic heterocycles. The van der Waals surface area contributed by atoms with E-state index in [-0.39, 0.29) is 41.3 Å². The average Bonchev–Trinajstić information content (AvgIpc) is 3.64. The summed E-state index contributed by atoms with van der Waals surface area (Å²) in [5, 5.41) is 9.06. The number of benzene rings is 2. The van der Waals surface area contributed by atoms with Crippen LogP contribution in [0, 0.1) is 5.92 Å². The highest BCUT2D eigenvalue weighted by Crippen LogP contribution is 2.26. The maximum atomic E-state index is 13.4. The second-order valence-corrected chi connectivity index (χ2v) is 9.80. The van der Waals surface area contributed by atoms with Gasteiger partial charge in [0.15, 0.2) is 5.01 Å². The number of aromatic nitrogens is 2. The fraction of sp³-hybridized carbons (Fsp3) is 0.269. The number of amides is 3. The maximum Gasteiger partial charge on any atom is 0.268 e. The molecule has 4 aromatic rings. The van der Waals surface area contributed by atoms with Crippen LogP contribution in [-0.2, 0) is 9.59 Å². The van der Waals surface area contributed by atoms with Gasteiger partial charge in [-0.2, -0.15) is 0 Å². The fourth-order valence-electron chi connectivity index (χ4n) is 4.44. The van der Waals surface area contributed by atoms with Gasteiger partial charge in [-0.1, -0.05) is 18.2 Å². The molecule has 2 atom stereocenters. The molecule has 0 saturated carbocycles. The molecule has 4 N–H and O–H groups in total. The van der Waals surface area contributed by atoms with Crippen molar-refractivity contribution in [1.29, 1.82) is 0 Å². The number of ketones is 1. The minimum Gasteiger partial charge on any atom is -0.496 e. The Bertz CT molecular complexity index is 1480. The average molecular weight is 520 g/mol. The number of aromatic amines is 1. The highest BCUT2D eigenvalue weighted by Gasteiger charge is 2.33. The van der Waals surface area contributed by atoms with E-state index in [2.05, 4.69) is 25.9 Å². The number of rotatable bonds is 9. The zero-order chi connectivity index (χ0) is 25.9. The van der Waals surface area contributed by atoms with Crippen LogP contribution in [0.25, 0.3) is 21.1 Å². The first-order chi connectivity index (χ1) is 17.9. The normalized spacial score (nSPS) is 15.9. The van der Waals surface area contributed by atoms with Crippen LogP contribution in [0.5, 0.6) is 5.75 Å². The number of thiazole rings is 1. The summed E-state index contributed by atoms with van der Waals surface area (Å²) < 4.78 is 6.18. The Balaban J connectivity index is 1.28. The molecule has 2 aromatic heterocycles. The number of nitrogens with zero attached hydrogens (tertiary/aromatic N) is 1. The van der Waals surface area contributed by atoms with Crippen LogP contribution in [-0.4, -0.2) is 59.7 Å². The molecule has 11 heteroatoms. The van der Waals surface area contributed by atoms with Crippen molar-refractivity contribution in [1.82, 2.24) is 25.9 Å². The van der Waals surface area contributed by atoms with Crippen molar-refractivity contribution >= 4 is 56.0 Å². The minimum absolute atomic E-state index is 0.140. The van der Waals surface area contributed by atoms with Crippen LogP contribution in [0.2, 0.25) is 0 Å². The molecule has 2 aromatic carbocycles. The molecular weight excluding hydrogens is 494 g/mol. The number of carbonyl (C=O) groups excluding carboxylic acids is 4. The van der Waals surface area contributed by atoms with E-state index in [1.807, 2.05) is 30.3 Å². The van der Waals surface area contributed by atoms with Gasteiger partial charge in [-0.3, -0.25) is 19.2 Å². The van der Waals surface area contributed by atoms with Gasteiger partial charge in [0.25, 0.3) is 5.91 Å². The maximum absolute atomic E-state index is 13.4. The Morgan fingerprint density at radius 2 is 2.03 bits per heavy atom. The van der Waals surface area contributed by atoms with Crippen LogP contribution in [0.1, 0.15) is 33.1 Å². The Hall–Kier alpha value is -4.25. The topological polar surface area (TPSA) is 142 Å². The van der Waals surface area contributed by atoms with Crippen molar-refractivity contribution in [3.05, 3.63) is 59.2 Å². The summed E-state index contributed by atoms with van der Waals surface area (Å²) >= 11 is 1.24. The molecule has 1 aliphatic rings. The first kappa shape index (κ1) is 24.4. The van der Waals surface area contributed by atoms with Crippen molar-refractivity contribution in [2.24, 2.45) is 5.92 Å². The molecule has 0 bridgehead atoms. The monoisotopic (exact) mass is 519 g/mol. The molecule has 1 saturated heterocycles. The van der Waals surface area contributed by atoms with Crippen molar-refractivity contribution in [3.8, 4) is 5.75 Å². The Kier molecular flexibility index (Phi) is 6.87. The van der Waals surface area contributed by atoms with Gasteiger partial charge in [0.05, 0.1) is 29.9 Å². The summed E-state index contributed by atoms with van der Waals surface area (Å²) in [7, 11) is 1.55. The van der Waals surface area contributed by atoms with E-state index < -0.39 is 17.9 Å². The molecule has 190 valence electrons. The van der Waals surface area contributed by atoms with Gasteiger partial charge in [0.2, 0.25) is 17.6 Å². The summed E-state index contributed by atoms with van der Waals surface area (Å²) in [4.78, 5) is 58.4. The molecule has 3 amide bonds. The van der Waals surface area contributed by atoms with Crippen molar-refractivity contribution in [2.75, 3.05) is 20.2 Å². The van der Waals surface area contributed by atoms with Gasteiger partial charge < -0.3 is 25.7 Å². The van der Waals surface area contributed by atoms with Gasteiger partial charge >= 0.3 is 0 Å². The van der Waals surface area contributed by atoms with E-state index in [1.54, 1.807) is 25.3 Å². The summed E-state index contributed by atoms with van der Waals surface area (Å²) in [6, 6.07) is 13.5. The van der Waals surface area contributed by atoms with Crippen molar-refractivity contribution in [2.45, 2.75) is 18.9 Å². The lowest BCUT2D eigenvalue weighted by Crippen LogP contribution is -2.46. The van der Waals surface area contributed by atoms with Crippen LogP contribution in [0.15, 0.2) is 48.5 Å². The van der Waals surface area contributed by atoms with Gasteiger partial charge in [0.1, 0.15) is 11.4 Å². The number of ether oxygens (including phenoxy) is 1. The van der Waals surface area contributed by atoms with E-state index in [0.717, 1.165) is 15.6 Å². The Morgan fingerprint density at radius 1 is 1.19 bits per heavy atom. The highest BCUT2D eigenvalue weighted by molar-refractivity contribution is 7.20. The Labute approximate surface area is 215 Å². The third kappa shape index (κ3) is 5.17. The summed E-state index contributed by atoms with van der Waals surface area (Å²) in [6.07, 6.45) is 0.737. The zero-order valence-corrected chi connectivity index (χ0v) is 20.8. The molecule has 37 heavy (non-hydrogen) atoms. The first-order valence-electron chi connectivity index (χ1n) is 11.8. The lowest BCUT2D eigenvalue weighted by atomic mass is 9.96. The van der Waals surface area contributed by atoms with Crippen LogP contribution < -0.4 is 20.7 Å². The number of carbonyl (C=O) groups is 4. The number of hydrogen-bond donors (Lipinski definition) is 4. The number of methoxy groups -OCH3 is 1. The smallest absolute Gasteiger partial charge is 0.268 e. The van der Waals surface area contributed by atoms with Crippen LogP contribution in [0.3, 0.4) is 0 Å². The van der Waals surface area contributed by atoms with E-state index >= 15 is 0 Å². The molecule has 3 heterocycles. The summed E-state index contributed by atoms with van der Waals surface area (Å²) in [5.41, 5.74) is 1.70. The fourth-order valence-corrected chi connectivity index (χ4v) is 5.40. The van der Waals surface area contributed by atoms with Gasteiger partial charge in [-0.05, 0) is 43.2 Å². The quantitative estimate of drug-likeness (QED) is 0.250. The predicted octanol–water partition coefficient (Wildman–Crippen LogP) is 2.41. The first-order valence-corrected chi connectivity index (χ1v) is 12.7. The van der Waals surface area contributed by atoms with Gasteiger partial charge in [-0.25, -0.2) is 4.98 Å². The third-order valence-corrected chi connectivity index (χ3v) is 7.39. The highest BCUT2D eigenvalue weighted by atomic mass is 32.1. The van der Waals surface area contributed by atoms with Crippen molar-refractivity contribution in [3.63, 3.8) is 0 Å². The number of Topliss-reactive ketones (excluding diaryl/α,β-unsaturated/α-hetero) is 1. The van der Waals surface area contributed by atoms with Crippen molar-refractivity contribution < 1.29 is 23.9 Å². The predicted molar refractivity (Wildman–Crippen MR) is 139 cm³/mol. The standard InChI is InChI=1S/C26H25N5O5S/c1-36-20-7-4-6-16-15(20)12-19(29-16)25(35)28-13-22(32)30-18(11-14-9-10-27-24(14)34)23(33)26-31-17-5-2-3-8-21(17)37-26/h2-8,12,14,18,29H,9-11,13H2,1H3,(H,27,34)(H,28,35)(H,30,32)/t14-,18-/m0/s1. The van der Waals surface area contributed by atoms with Gasteiger partial charge in [-0.15, -0.1) is 11.3 Å². The third-order valence-electron chi connectivity index (χ3n) is 6.34. The molecule has 0 aliphatic carbocycles. The molecule has 0 spiro atoms. The van der Waals surface area contributed by atoms with E-state index in [4.69, 9.17) is 4.74 Å². The van der Waals surface area contributed by atoms with E-state index in [9.17, 15) is 19.2 Å². The molecule has 0 radical (unpaired) electrons. The molecule has 10 nitrogen and oxygen atoms in total. The lowest BCUT2D eigenvalue weighted by molar-refractivity contribution is -0.124. The number of para-hydroxylation sites is 1. The largest absolute Gasteiger partial charge is 0.496 e. The number of nitrogens with one attached hydrogen (secondary N) is 4. The zero-order valence-electron chi connectivity index (χ0n) is 20.0. The number of fused-ring (bicyclic) bond motifs is 2. The molecule has 0 unspecified atom stereocenters. The number of hydrogen-bond acceptors (Lipinski definition) is 7. The van der Waals surface area contributed by atoms with E-state index in [1.165, 1.54) is 11.3 Å². The second-order valence-electron chi connectivity index (χ2n) is 8.77. The van der Waals surface area contributed by atoms with Gasteiger partial charge in [0, 0.05) is 23.4 Å².